The lowest BCUT2D eigenvalue weighted by molar-refractivity contribution is -0.149. The first-order valence-corrected chi connectivity index (χ1v) is 12.7. The van der Waals surface area contributed by atoms with Crippen LogP contribution in [-0.2, 0) is 28.5 Å². The molecule has 0 fully saturated rings. The van der Waals surface area contributed by atoms with Gasteiger partial charge in [0, 0.05) is 21.9 Å². The monoisotopic (exact) mass is 568 g/mol. The Morgan fingerprint density at radius 1 is 0.805 bits per heavy atom. The minimum atomic E-state index is -1.27. The lowest BCUT2D eigenvalue weighted by Crippen LogP contribution is -2.31. The second-order valence-electron chi connectivity index (χ2n) is 8.99. The van der Waals surface area contributed by atoms with Gasteiger partial charge < -0.3 is 33.5 Å². The molecule has 0 aromatic heterocycles. The van der Waals surface area contributed by atoms with Crippen molar-refractivity contribution >= 4 is 28.7 Å². The van der Waals surface area contributed by atoms with Crippen LogP contribution in [0.5, 0.6) is 11.5 Å². The topological polar surface area (TPSA) is 127 Å². The van der Waals surface area contributed by atoms with Gasteiger partial charge in [-0.15, -0.1) is 13.2 Å². The Morgan fingerprint density at radius 3 is 1.76 bits per heavy atom. The lowest BCUT2D eigenvalue weighted by Gasteiger charge is -2.22. The van der Waals surface area contributed by atoms with Crippen LogP contribution in [0, 0.1) is 0 Å². The fraction of sp³-hybridized carbons (Fsp3) is 0.323. The van der Waals surface area contributed by atoms with Crippen LogP contribution in [0.15, 0.2) is 79.9 Å². The minimum absolute atomic E-state index is 0.00914. The molecule has 2 rings (SSSR count). The number of esters is 2. The van der Waals surface area contributed by atoms with Gasteiger partial charge in [-0.25, -0.2) is 14.4 Å². The van der Waals surface area contributed by atoms with Crippen LogP contribution >= 0.6 is 0 Å². The third-order valence-electron chi connectivity index (χ3n) is 5.35. The standard InChI is InChI=1S/C31H36O10/c1-7-13-36-16-22(40-30(34)20(3)4)18-38-27-15-26(29(32)33)28(25-12-10-9-11-24(25)27)39-19-23(17-37-14-8-2)41-31(35)21(5)6/h7-12,15,22-23H,1-3,5,13-14,16-19H2,4,6H3,(H,32,33). The summed E-state index contributed by atoms with van der Waals surface area (Å²) in [7, 11) is 0. The third kappa shape index (κ3) is 10.3. The molecule has 0 aliphatic rings. The summed E-state index contributed by atoms with van der Waals surface area (Å²) in [6, 6.07) is 8.21. The van der Waals surface area contributed by atoms with Gasteiger partial charge in [-0.05, 0) is 19.9 Å². The van der Waals surface area contributed by atoms with Gasteiger partial charge in [0.1, 0.15) is 30.3 Å². The van der Waals surface area contributed by atoms with Crippen LogP contribution < -0.4 is 9.47 Å². The summed E-state index contributed by atoms with van der Waals surface area (Å²) in [4.78, 5) is 36.5. The highest BCUT2D eigenvalue weighted by Crippen LogP contribution is 2.37. The van der Waals surface area contributed by atoms with E-state index < -0.39 is 30.1 Å². The molecule has 1 N–H and O–H groups in total. The summed E-state index contributed by atoms with van der Waals surface area (Å²) >= 11 is 0. The van der Waals surface area contributed by atoms with Crippen molar-refractivity contribution in [3.63, 3.8) is 0 Å². The number of hydrogen-bond acceptors (Lipinski definition) is 9. The molecule has 0 heterocycles. The minimum Gasteiger partial charge on any atom is -0.489 e. The van der Waals surface area contributed by atoms with Crippen LogP contribution in [0.2, 0.25) is 0 Å². The summed E-state index contributed by atoms with van der Waals surface area (Å²) in [6.45, 7) is 17.5. The summed E-state index contributed by atoms with van der Waals surface area (Å²) in [5.41, 5.74) is 0.217. The average molecular weight is 569 g/mol. The van der Waals surface area contributed by atoms with Crippen molar-refractivity contribution in [1.29, 1.82) is 0 Å². The van der Waals surface area contributed by atoms with Crippen LogP contribution in [0.3, 0.4) is 0 Å². The van der Waals surface area contributed by atoms with Gasteiger partial charge in [0.25, 0.3) is 0 Å². The predicted molar refractivity (Wildman–Crippen MR) is 153 cm³/mol. The molecule has 0 amide bonds. The molecule has 2 aromatic rings. The number of benzene rings is 2. The molecule has 0 spiro atoms. The molecule has 2 aromatic carbocycles. The van der Waals surface area contributed by atoms with E-state index in [2.05, 4.69) is 26.3 Å². The molecule has 0 saturated carbocycles. The largest absolute Gasteiger partial charge is 0.489 e. The molecular formula is C31H36O10. The smallest absolute Gasteiger partial charge is 0.339 e. The maximum atomic E-state index is 12.3. The number of ether oxygens (including phenoxy) is 6. The highest BCUT2D eigenvalue weighted by Gasteiger charge is 2.24. The lowest BCUT2D eigenvalue weighted by atomic mass is 10.0. The molecule has 220 valence electrons. The fourth-order valence-electron chi connectivity index (χ4n) is 3.41. The molecule has 41 heavy (non-hydrogen) atoms. The Bertz CT molecular complexity index is 1280. The van der Waals surface area contributed by atoms with Gasteiger partial charge in [0.05, 0.1) is 26.4 Å². The molecule has 0 bridgehead atoms. The van der Waals surface area contributed by atoms with Crippen LogP contribution in [0.4, 0.5) is 0 Å². The van der Waals surface area contributed by atoms with Crippen LogP contribution in [0.25, 0.3) is 10.8 Å². The SMILES string of the molecule is C=CCOCC(COc1cc(C(=O)O)c(OCC(COCC=C)OC(=O)C(=C)C)c2ccccc12)OC(=O)C(=C)C. The number of carbonyl (C=O) groups is 3. The molecule has 10 heteroatoms. The maximum Gasteiger partial charge on any atom is 0.339 e. The van der Waals surface area contributed by atoms with Crippen molar-refractivity contribution in [2.24, 2.45) is 0 Å². The summed E-state index contributed by atoms with van der Waals surface area (Å²) in [6.07, 6.45) is 1.44. The number of aromatic carboxylic acids is 1. The van der Waals surface area contributed by atoms with E-state index in [1.165, 1.54) is 19.9 Å². The normalized spacial score (nSPS) is 12.0. The highest BCUT2D eigenvalue weighted by molar-refractivity contribution is 6.03. The Morgan fingerprint density at radius 2 is 1.29 bits per heavy atom. The van der Waals surface area contributed by atoms with E-state index >= 15 is 0 Å². The first kappa shape index (κ1) is 32.8. The van der Waals surface area contributed by atoms with Crippen molar-refractivity contribution in [2.75, 3.05) is 39.6 Å². The Hall–Kier alpha value is -4.41. The zero-order valence-electron chi connectivity index (χ0n) is 23.4. The first-order valence-electron chi connectivity index (χ1n) is 12.7. The second-order valence-corrected chi connectivity index (χ2v) is 8.99. The fourth-order valence-corrected chi connectivity index (χ4v) is 3.41. The van der Waals surface area contributed by atoms with Crippen LogP contribution in [-0.4, -0.2) is 74.9 Å². The molecule has 0 aliphatic carbocycles. The number of rotatable bonds is 19. The van der Waals surface area contributed by atoms with E-state index in [-0.39, 0.29) is 67.8 Å². The zero-order chi connectivity index (χ0) is 30.4. The molecule has 0 radical (unpaired) electrons. The van der Waals surface area contributed by atoms with Crippen molar-refractivity contribution in [2.45, 2.75) is 26.1 Å². The summed E-state index contributed by atoms with van der Waals surface area (Å²) in [5, 5.41) is 11.0. The average Bonchev–Trinajstić information content (AvgIpc) is 2.94. The van der Waals surface area contributed by atoms with Gasteiger partial charge in [-0.3, -0.25) is 0 Å². The summed E-state index contributed by atoms with van der Waals surface area (Å²) < 4.78 is 33.6. The zero-order valence-corrected chi connectivity index (χ0v) is 23.4. The van der Waals surface area contributed by atoms with E-state index in [4.69, 9.17) is 28.4 Å². The highest BCUT2D eigenvalue weighted by atomic mass is 16.6. The maximum absolute atomic E-state index is 12.3. The number of fused-ring (bicyclic) bond motifs is 1. The van der Waals surface area contributed by atoms with Crippen molar-refractivity contribution in [3.05, 3.63) is 85.5 Å². The molecule has 2 unspecified atom stereocenters. The van der Waals surface area contributed by atoms with E-state index in [1.807, 2.05) is 0 Å². The molecule has 0 aliphatic heterocycles. The van der Waals surface area contributed by atoms with Gasteiger partial charge in [-0.2, -0.15) is 0 Å². The van der Waals surface area contributed by atoms with Crippen LogP contribution in [0.1, 0.15) is 24.2 Å². The molecule has 2 atom stereocenters. The van der Waals surface area contributed by atoms with E-state index in [9.17, 15) is 19.5 Å². The molecule has 0 saturated heterocycles. The third-order valence-corrected chi connectivity index (χ3v) is 5.35. The predicted octanol–water partition coefficient (Wildman–Crippen LogP) is 4.68. The van der Waals surface area contributed by atoms with Gasteiger partial charge in [0.2, 0.25) is 0 Å². The van der Waals surface area contributed by atoms with Crippen molar-refractivity contribution in [1.82, 2.24) is 0 Å². The van der Waals surface area contributed by atoms with E-state index in [0.717, 1.165) is 0 Å². The van der Waals surface area contributed by atoms with Gasteiger partial charge >= 0.3 is 17.9 Å². The van der Waals surface area contributed by atoms with Gasteiger partial charge in [-0.1, -0.05) is 49.6 Å². The quantitative estimate of drug-likeness (QED) is 0.110. The number of carboxylic acid groups (broad SMARTS) is 1. The molecular weight excluding hydrogens is 532 g/mol. The van der Waals surface area contributed by atoms with Crippen molar-refractivity contribution in [3.8, 4) is 11.5 Å². The number of carboxylic acids is 1. The summed E-state index contributed by atoms with van der Waals surface area (Å²) in [5.74, 6) is -2.23. The second kappa shape index (κ2) is 16.6. The van der Waals surface area contributed by atoms with E-state index in [1.54, 1.807) is 36.4 Å². The molecule has 10 nitrogen and oxygen atoms in total. The Balaban J connectivity index is 2.38. The number of hydrogen-bond donors (Lipinski definition) is 1. The first-order chi connectivity index (χ1) is 19.6. The Kier molecular flexibility index (Phi) is 13.3. The van der Waals surface area contributed by atoms with E-state index in [0.29, 0.717) is 10.8 Å². The Labute approximate surface area is 239 Å². The number of carbonyl (C=O) groups excluding carboxylic acids is 2. The van der Waals surface area contributed by atoms with Crippen molar-refractivity contribution < 1.29 is 47.9 Å². The van der Waals surface area contributed by atoms with Gasteiger partial charge in [0.15, 0.2) is 12.2 Å².